The normalized spacial score (nSPS) is 25.0. The molecule has 2 saturated heterocycles. The molecule has 2 unspecified atom stereocenters. The number of halogens is 1. The van der Waals surface area contributed by atoms with Gasteiger partial charge in [-0.3, -0.25) is 19.3 Å². The third kappa shape index (κ3) is 3.17. The fourth-order valence-electron chi connectivity index (χ4n) is 4.28. The maximum Gasteiger partial charge on any atom is 0.233 e. The lowest BCUT2D eigenvalue weighted by Gasteiger charge is -2.43. The molecule has 142 valence electrons. The van der Waals surface area contributed by atoms with E-state index in [9.17, 15) is 18.8 Å². The Morgan fingerprint density at radius 3 is 2.33 bits per heavy atom. The van der Waals surface area contributed by atoms with Crippen LogP contribution in [0, 0.1) is 24.6 Å². The lowest BCUT2D eigenvalue weighted by Crippen LogP contribution is -2.62. The minimum atomic E-state index is -0.244. The van der Waals surface area contributed by atoms with E-state index in [1.807, 2.05) is 12.2 Å². The Kier molecular flexibility index (Phi) is 4.58. The average Bonchev–Trinajstić information content (AvgIpc) is 2.87. The summed E-state index contributed by atoms with van der Waals surface area (Å²) in [6, 6.07) is 4.70. The third-order valence-electron chi connectivity index (χ3n) is 5.97. The van der Waals surface area contributed by atoms with Crippen molar-refractivity contribution in [1.29, 1.82) is 0 Å². The van der Waals surface area contributed by atoms with Crippen LogP contribution in [0.1, 0.15) is 30.4 Å². The summed E-state index contributed by atoms with van der Waals surface area (Å²) in [7, 11) is 0. The number of carbonyl (C=O) groups excluding carboxylic acids is 3. The van der Waals surface area contributed by atoms with Crippen molar-refractivity contribution in [2.75, 3.05) is 13.1 Å². The van der Waals surface area contributed by atoms with Crippen LogP contribution in [0.5, 0.6) is 0 Å². The molecule has 2 aliphatic heterocycles. The Hall–Kier alpha value is -2.50. The van der Waals surface area contributed by atoms with Crippen molar-refractivity contribution in [3.63, 3.8) is 0 Å². The molecule has 3 aliphatic rings. The first-order valence-electron chi connectivity index (χ1n) is 9.50. The number of aryl methyl sites for hydroxylation is 2. The van der Waals surface area contributed by atoms with Crippen LogP contribution in [0.15, 0.2) is 30.4 Å². The van der Waals surface area contributed by atoms with Gasteiger partial charge in [0, 0.05) is 19.5 Å². The summed E-state index contributed by atoms with van der Waals surface area (Å²) in [5, 5.41) is 0. The van der Waals surface area contributed by atoms with Crippen molar-refractivity contribution in [3.8, 4) is 0 Å². The number of hydrogen-bond acceptors (Lipinski definition) is 3. The van der Waals surface area contributed by atoms with Gasteiger partial charge in [-0.15, -0.1) is 0 Å². The van der Waals surface area contributed by atoms with Gasteiger partial charge in [0.15, 0.2) is 0 Å². The number of rotatable bonds is 4. The van der Waals surface area contributed by atoms with Crippen LogP contribution in [-0.2, 0) is 20.8 Å². The zero-order valence-electron chi connectivity index (χ0n) is 15.4. The molecule has 1 aromatic rings. The average molecular weight is 370 g/mol. The number of fused-ring (bicyclic) bond motifs is 1. The van der Waals surface area contributed by atoms with Crippen LogP contribution >= 0.6 is 0 Å². The second-order valence-corrected chi connectivity index (χ2v) is 7.74. The minimum absolute atomic E-state index is 0.00593. The first-order chi connectivity index (χ1) is 13.0. The van der Waals surface area contributed by atoms with Gasteiger partial charge < -0.3 is 4.90 Å². The molecule has 0 saturated carbocycles. The molecule has 5 nitrogen and oxygen atoms in total. The SMILES string of the molecule is Cc1cc(CCC(=O)N2CC(N3C(=O)C4CC=CCC4C3=O)C2)ccc1F. The number of carbonyl (C=O) groups is 3. The van der Waals surface area contributed by atoms with Crippen molar-refractivity contribution >= 4 is 17.7 Å². The van der Waals surface area contributed by atoms with E-state index in [4.69, 9.17) is 0 Å². The molecular formula is C21H23FN2O3. The van der Waals surface area contributed by atoms with Crippen LogP contribution in [0.25, 0.3) is 0 Å². The zero-order valence-corrected chi connectivity index (χ0v) is 15.4. The molecule has 6 heteroatoms. The number of amides is 3. The maximum atomic E-state index is 13.3. The molecule has 0 aromatic heterocycles. The predicted octanol–water partition coefficient (Wildman–Crippen LogP) is 2.23. The summed E-state index contributed by atoms with van der Waals surface area (Å²) >= 11 is 0. The van der Waals surface area contributed by atoms with E-state index < -0.39 is 0 Å². The second kappa shape index (κ2) is 6.91. The van der Waals surface area contributed by atoms with Gasteiger partial charge in [0.2, 0.25) is 17.7 Å². The fraction of sp³-hybridized carbons (Fsp3) is 0.476. The van der Waals surface area contributed by atoms with Crippen molar-refractivity contribution in [2.45, 2.75) is 38.6 Å². The molecule has 1 aromatic carbocycles. The van der Waals surface area contributed by atoms with Gasteiger partial charge in [0.1, 0.15) is 5.82 Å². The van der Waals surface area contributed by atoms with E-state index in [2.05, 4.69) is 0 Å². The highest BCUT2D eigenvalue weighted by molar-refractivity contribution is 6.06. The summed E-state index contributed by atoms with van der Waals surface area (Å²) < 4.78 is 13.3. The predicted molar refractivity (Wildman–Crippen MR) is 97.0 cm³/mol. The van der Waals surface area contributed by atoms with Crippen LogP contribution < -0.4 is 0 Å². The quantitative estimate of drug-likeness (QED) is 0.603. The minimum Gasteiger partial charge on any atom is -0.338 e. The van der Waals surface area contributed by atoms with Crippen molar-refractivity contribution < 1.29 is 18.8 Å². The van der Waals surface area contributed by atoms with Crippen LogP contribution in [-0.4, -0.2) is 46.7 Å². The first-order valence-corrected chi connectivity index (χ1v) is 9.50. The van der Waals surface area contributed by atoms with E-state index in [1.54, 1.807) is 24.0 Å². The Morgan fingerprint density at radius 2 is 1.74 bits per heavy atom. The van der Waals surface area contributed by atoms with Crippen molar-refractivity contribution in [1.82, 2.24) is 9.80 Å². The fourth-order valence-corrected chi connectivity index (χ4v) is 4.28. The molecule has 0 bridgehead atoms. The topological polar surface area (TPSA) is 57.7 Å². The van der Waals surface area contributed by atoms with Crippen LogP contribution in [0.2, 0.25) is 0 Å². The molecule has 2 fully saturated rings. The standard InChI is InChI=1S/C21H23FN2O3/c1-13-10-14(6-8-18(13)22)7-9-19(25)23-11-15(12-23)24-20(26)16-4-2-3-5-17(16)21(24)27/h2-3,6,8,10,15-17H,4-5,7,9,11-12H2,1H3. The van der Waals surface area contributed by atoms with Crippen molar-refractivity contribution in [3.05, 3.63) is 47.3 Å². The Balaban J connectivity index is 1.30. The lowest BCUT2D eigenvalue weighted by atomic mass is 9.85. The van der Waals surface area contributed by atoms with Gasteiger partial charge in [-0.2, -0.15) is 0 Å². The highest BCUT2D eigenvalue weighted by Crippen LogP contribution is 2.37. The van der Waals surface area contributed by atoms with Crippen LogP contribution in [0.4, 0.5) is 4.39 Å². The summed E-state index contributed by atoms with van der Waals surface area (Å²) in [5.41, 5.74) is 1.51. The number of likely N-dealkylation sites (tertiary alicyclic amines) is 2. The van der Waals surface area contributed by atoms with Gasteiger partial charge in [0.25, 0.3) is 0 Å². The molecule has 3 amide bonds. The lowest BCUT2D eigenvalue weighted by molar-refractivity contribution is -0.152. The van der Waals surface area contributed by atoms with Gasteiger partial charge in [0.05, 0.1) is 17.9 Å². The molecule has 27 heavy (non-hydrogen) atoms. The molecule has 4 rings (SSSR count). The van der Waals surface area contributed by atoms with E-state index >= 15 is 0 Å². The molecule has 0 spiro atoms. The number of imide groups is 1. The van der Waals surface area contributed by atoms with E-state index in [0.717, 1.165) is 5.56 Å². The second-order valence-electron chi connectivity index (χ2n) is 7.74. The molecule has 2 heterocycles. The van der Waals surface area contributed by atoms with Gasteiger partial charge in [-0.1, -0.05) is 24.3 Å². The summed E-state index contributed by atoms with van der Waals surface area (Å²) in [6.45, 7) is 2.55. The number of allylic oxidation sites excluding steroid dienone is 2. The number of nitrogens with zero attached hydrogens (tertiary/aromatic N) is 2. The van der Waals surface area contributed by atoms with Crippen molar-refractivity contribution in [2.24, 2.45) is 11.8 Å². The Morgan fingerprint density at radius 1 is 1.11 bits per heavy atom. The molecule has 1 aliphatic carbocycles. The first kappa shape index (κ1) is 17.9. The molecule has 0 N–H and O–H groups in total. The molecule has 2 atom stereocenters. The number of benzene rings is 1. The Bertz CT molecular complexity index is 803. The maximum absolute atomic E-state index is 13.3. The Labute approximate surface area is 157 Å². The largest absolute Gasteiger partial charge is 0.338 e. The van der Waals surface area contributed by atoms with Gasteiger partial charge >= 0.3 is 0 Å². The van der Waals surface area contributed by atoms with Gasteiger partial charge in [-0.25, -0.2) is 4.39 Å². The highest BCUT2D eigenvalue weighted by atomic mass is 19.1. The number of hydrogen-bond donors (Lipinski definition) is 0. The summed E-state index contributed by atoms with van der Waals surface area (Å²) in [5.74, 6) is -0.817. The summed E-state index contributed by atoms with van der Waals surface area (Å²) in [6.07, 6.45) is 6.12. The van der Waals surface area contributed by atoms with Gasteiger partial charge in [-0.05, 0) is 43.4 Å². The summed E-state index contributed by atoms with van der Waals surface area (Å²) in [4.78, 5) is 40.6. The monoisotopic (exact) mass is 370 g/mol. The molecular weight excluding hydrogens is 347 g/mol. The molecule has 0 radical (unpaired) electrons. The zero-order chi connectivity index (χ0) is 19.1. The van der Waals surface area contributed by atoms with E-state index in [1.165, 1.54) is 11.0 Å². The smallest absolute Gasteiger partial charge is 0.233 e. The third-order valence-corrected chi connectivity index (χ3v) is 5.97. The van der Waals surface area contributed by atoms with E-state index in [0.29, 0.717) is 44.3 Å². The highest BCUT2D eigenvalue weighted by Gasteiger charge is 2.52. The van der Waals surface area contributed by atoms with Crippen LogP contribution in [0.3, 0.4) is 0 Å². The van der Waals surface area contributed by atoms with E-state index in [-0.39, 0.29) is 41.4 Å².